The van der Waals surface area contributed by atoms with Gasteiger partial charge in [-0.25, -0.2) is 4.39 Å². The third-order valence-electron chi connectivity index (χ3n) is 1.95. The molecule has 0 aliphatic rings. The van der Waals surface area contributed by atoms with E-state index in [1.807, 2.05) is 0 Å². The number of halogens is 4. The lowest BCUT2D eigenvalue weighted by Crippen LogP contribution is -2.10. The van der Waals surface area contributed by atoms with Crippen molar-refractivity contribution in [1.82, 2.24) is 0 Å². The fraction of sp³-hybridized carbons (Fsp3) is 0.400. The van der Waals surface area contributed by atoms with Crippen molar-refractivity contribution in [1.29, 1.82) is 0 Å². The highest BCUT2D eigenvalue weighted by atomic mass is 32.2. The second-order valence-electron chi connectivity index (χ2n) is 3.13. The molecule has 0 aliphatic carbocycles. The molecule has 90 valence electrons. The highest BCUT2D eigenvalue weighted by molar-refractivity contribution is 8.00. The van der Waals surface area contributed by atoms with Crippen LogP contribution < -0.4 is 5.32 Å². The predicted molar refractivity (Wildman–Crippen MR) is 58.1 cm³/mol. The van der Waals surface area contributed by atoms with E-state index in [-0.39, 0.29) is 29.9 Å². The van der Waals surface area contributed by atoms with Crippen LogP contribution in [0.3, 0.4) is 0 Å². The highest BCUT2D eigenvalue weighted by Crippen LogP contribution is 2.29. The van der Waals surface area contributed by atoms with E-state index in [1.165, 1.54) is 12.1 Å². The van der Waals surface area contributed by atoms with E-state index in [0.717, 1.165) is 0 Å². The van der Waals surface area contributed by atoms with Crippen molar-refractivity contribution in [2.24, 2.45) is 0 Å². The Morgan fingerprint density at radius 2 is 2.00 bits per heavy atom. The number of alkyl halides is 3. The third kappa shape index (κ3) is 4.30. The Bertz CT molecular complexity index is 351. The molecule has 1 aromatic carbocycles. The first-order chi connectivity index (χ1) is 7.40. The average Bonchev–Trinajstić information content (AvgIpc) is 2.17. The molecular weight excluding hydrogens is 242 g/mol. The van der Waals surface area contributed by atoms with Gasteiger partial charge in [0.15, 0.2) is 0 Å². The minimum atomic E-state index is -4.21. The first kappa shape index (κ1) is 13.2. The molecule has 0 aliphatic heterocycles. The van der Waals surface area contributed by atoms with Crippen LogP contribution >= 0.6 is 11.8 Å². The van der Waals surface area contributed by atoms with E-state index in [1.54, 1.807) is 13.0 Å². The Morgan fingerprint density at radius 1 is 1.31 bits per heavy atom. The number of rotatable bonds is 4. The maximum atomic E-state index is 13.1. The number of nitrogens with one attached hydrogen (secondary N) is 1. The van der Waals surface area contributed by atoms with Gasteiger partial charge in [0.1, 0.15) is 5.82 Å². The SMILES string of the molecule is Cc1c(F)cccc1NCCSC(F)(F)F. The van der Waals surface area contributed by atoms with E-state index in [0.29, 0.717) is 11.3 Å². The van der Waals surface area contributed by atoms with Crippen molar-refractivity contribution in [3.05, 3.63) is 29.6 Å². The van der Waals surface area contributed by atoms with E-state index in [2.05, 4.69) is 5.32 Å². The van der Waals surface area contributed by atoms with Crippen LogP contribution in [0.2, 0.25) is 0 Å². The molecule has 0 atom stereocenters. The maximum absolute atomic E-state index is 13.1. The summed E-state index contributed by atoms with van der Waals surface area (Å²) in [6.07, 6.45) is 0. The summed E-state index contributed by atoms with van der Waals surface area (Å²) in [6, 6.07) is 4.46. The van der Waals surface area contributed by atoms with Crippen LogP contribution in [-0.4, -0.2) is 17.8 Å². The molecule has 0 spiro atoms. The summed E-state index contributed by atoms with van der Waals surface area (Å²) in [5, 5.41) is 2.77. The number of anilines is 1. The fourth-order valence-electron chi connectivity index (χ4n) is 1.15. The molecule has 0 radical (unpaired) electrons. The second-order valence-corrected chi connectivity index (χ2v) is 4.29. The predicted octanol–water partition coefficient (Wildman–Crippen LogP) is 3.80. The van der Waals surface area contributed by atoms with E-state index in [9.17, 15) is 17.6 Å². The molecule has 16 heavy (non-hydrogen) atoms. The molecule has 0 amide bonds. The van der Waals surface area contributed by atoms with Gasteiger partial charge in [-0.15, -0.1) is 0 Å². The highest BCUT2D eigenvalue weighted by Gasteiger charge is 2.27. The Balaban J connectivity index is 2.41. The van der Waals surface area contributed by atoms with Crippen LogP contribution in [0.5, 0.6) is 0 Å². The van der Waals surface area contributed by atoms with Crippen molar-refractivity contribution in [2.75, 3.05) is 17.6 Å². The molecule has 1 N–H and O–H groups in total. The molecule has 0 saturated carbocycles. The summed E-state index contributed by atoms with van der Waals surface area (Å²) in [6.45, 7) is 1.73. The third-order valence-corrected chi connectivity index (χ3v) is 2.69. The zero-order valence-electron chi connectivity index (χ0n) is 8.57. The largest absolute Gasteiger partial charge is 0.441 e. The average molecular weight is 253 g/mol. The summed E-state index contributed by atoms with van der Waals surface area (Å²) < 4.78 is 48.5. The molecule has 0 saturated heterocycles. The molecule has 6 heteroatoms. The minimum Gasteiger partial charge on any atom is -0.384 e. The lowest BCUT2D eigenvalue weighted by Gasteiger charge is -2.10. The monoisotopic (exact) mass is 253 g/mol. The summed E-state index contributed by atoms with van der Waals surface area (Å²) in [5.74, 6) is -0.465. The summed E-state index contributed by atoms with van der Waals surface area (Å²) in [5.41, 5.74) is -3.26. The molecule has 0 aromatic heterocycles. The molecule has 0 unspecified atom stereocenters. The van der Waals surface area contributed by atoms with Gasteiger partial charge in [-0.2, -0.15) is 13.2 Å². The van der Waals surface area contributed by atoms with E-state index >= 15 is 0 Å². The Labute approximate surface area is 95.2 Å². The van der Waals surface area contributed by atoms with Gasteiger partial charge >= 0.3 is 5.51 Å². The maximum Gasteiger partial charge on any atom is 0.441 e. The second kappa shape index (κ2) is 5.43. The zero-order valence-corrected chi connectivity index (χ0v) is 9.38. The first-order valence-corrected chi connectivity index (χ1v) is 5.58. The number of thioether (sulfide) groups is 1. The Kier molecular flexibility index (Phi) is 4.46. The first-order valence-electron chi connectivity index (χ1n) is 4.60. The molecule has 0 fully saturated rings. The summed E-state index contributed by atoms with van der Waals surface area (Å²) in [4.78, 5) is 0. The molecule has 1 nitrogen and oxygen atoms in total. The van der Waals surface area contributed by atoms with E-state index in [4.69, 9.17) is 0 Å². The topological polar surface area (TPSA) is 12.0 Å². The quantitative estimate of drug-likeness (QED) is 0.647. The van der Waals surface area contributed by atoms with Crippen molar-refractivity contribution < 1.29 is 17.6 Å². The smallest absolute Gasteiger partial charge is 0.384 e. The van der Waals surface area contributed by atoms with Crippen molar-refractivity contribution in [3.63, 3.8) is 0 Å². The van der Waals surface area contributed by atoms with Crippen LogP contribution in [0.1, 0.15) is 5.56 Å². The Morgan fingerprint density at radius 3 is 2.62 bits per heavy atom. The van der Waals surface area contributed by atoms with Gasteiger partial charge in [-0.05, 0) is 30.8 Å². The van der Waals surface area contributed by atoms with Gasteiger partial charge < -0.3 is 5.32 Å². The van der Waals surface area contributed by atoms with Crippen LogP contribution in [0.4, 0.5) is 23.2 Å². The number of hydrogen-bond acceptors (Lipinski definition) is 2. The van der Waals surface area contributed by atoms with Crippen LogP contribution in [0, 0.1) is 12.7 Å². The molecule has 1 aromatic rings. The van der Waals surface area contributed by atoms with E-state index < -0.39 is 5.51 Å². The van der Waals surface area contributed by atoms with Crippen molar-refractivity contribution >= 4 is 17.4 Å². The van der Waals surface area contributed by atoms with Crippen LogP contribution in [0.25, 0.3) is 0 Å². The number of hydrogen-bond donors (Lipinski definition) is 1. The van der Waals surface area contributed by atoms with Crippen LogP contribution in [-0.2, 0) is 0 Å². The minimum absolute atomic E-state index is 0.0934. The number of benzene rings is 1. The fourth-order valence-corrected chi connectivity index (χ4v) is 1.59. The van der Waals surface area contributed by atoms with Crippen molar-refractivity contribution in [3.8, 4) is 0 Å². The standard InChI is InChI=1S/C10H11F4NS/c1-7-8(11)3-2-4-9(7)15-5-6-16-10(12,13)14/h2-4,15H,5-6H2,1H3. The normalized spacial score (nSPS) is 11.6. The van der Waals surface area contributed by atoms with Gasteiger partial charge in [-0.1, -0.05) is 6.07 Å². The molecule has 0 bridgehead atoms. The van der Waals surface area contributed by atoms with Gasteiger partial charge in [0.05, 0.1) is 0 Å². The summed E-state index contributed by atoms with van der Waals surface area (Å²) in [7, 11) is 0. The Hall–Kier alpha value is -0.910. The lowest BCUT2D eigenvalue weighted by molar-refractivity contribution is -0.0327. The molecular formula is C10H11F4NS. The zero-order chi connectivity index (χ0) is 12.2. The van der Waals surface area contributed by atoms with Gasteiger partial charge in [0, 0.05) is 23.5 Å². The molecule has 0 heterocycles. The molecule has 1 rings (SSSR count). The van der Waals surface area contributed by atoms with Gasteiger partial charge in [0.2, 0.25) is 0 Å². The van der Waals surface area contributed by atoms with Crippen molar-refractivity contribution in [2.45, 2.75) is 12.4 Å². The summed E-state index contributed by atoms with van der Waals surface area (Å²) >= 11 is -0.0934. The van der Waals surface area contributed by atoms with Gasteiger partial charge in [0.25, 0.3) is 0 Å². The van der Waals surface area contributed by atoms with Crippen LogP contribution in [0.15, 0.2) is 18.2 Å². The lowest BCUT2D eigenvalue weighted by atomic mass is 10.2. The van der Waals surface area contributed by atoms with Gasteiger partial charge in [-0.3, -0.25) is 0 Å².